The fourth-order valence-corrected chi connectivity index (χ4v) is 5.02. The number of anilines is 1. The van der Waals surface area contributed by atoms with Crippen molar-refractivity contribution < 1.29 is 17.6 Å². The lowest BCUT2D eigenvalue weighted by Crippen LogP contribution is -2.49. The Labute approximate surface area is 160 Å². The molecule has 2 aromatic rings. The van der Waals surface area contributed by atoms with Gasteiger partial charge in [0.2, 0.25) is 15.9 Å². The number of hydrogen-bond donors (Lipinski definition) is 1. The van der Waals surface area contributed by atoms with Crippen LogP contribution in [0, 0.1) is 5.82 Å². The number of hydrogen-bond acceptors (Lipinski definition) is 3. The van der Waals surface area contributed by atoms with E-state index in [1.54, 1.807) is 18.2 Å². The highest BCUT2D eigenvalue weighted by molar-refractivity contribution is 9.10. The van der Waals surface area contributed by atoms with Crippen molar-refractivity contribution in [3.05, 3.63) is 58.8 Å². The van der Waals surface area contributed by atoms with Gasteiger partial charge in [0.05, 0.1) is 10.6 Å². The number of piperidine rings is 1. The molecular weight excluding hydrogens is 423 g/mol. The van der Waals surface area contributed by atoms with Crippen LogP contribution in [0.25, 0.3) is 0 Å². The second-order valence-electron chi connectivity index (χ2n) is 6.05. The van der Waals surface area contributed by atoms with Gasteiger partial charge in [0.1, 0.15) is 11.9 Å². The van der Waals surface area contributed by atoms with E-state index in [-0.39, 0.29) is 17.3 Å². The van der Waals surface area contributed by atoms with Gasteiger partial charge in [0.15, 0.2) is 0 Å². The van der Waals surface area contributed by atoms with Crippen molar-refractivity contribution in [1.29, 1.82) is 0 Å². The van der Waals surface area contributed by atoms with Gasteiger partial charge in [-0.25, -0.2) is 12.8 Å². The third-order valence-corrected chi connectivity index (χ3v) is 6.92. The molecule has 26 heavy (non-hydrogen) atoms. The molecule has 1 atom stereocenters. The molecule has 3 rings (SSSR count). The van der Waals surface area contributed by atoms with E-state index in [4.69, 9.17) is 0 Å². The van der Waals surface area contributed by atoms with Crippen molar-refractivity contribution >= 4 is 37.5 Å². The number of benzene rings is 2. The summed E-state index contributed by atoms with van der Waals surface area (Å²) in [4.78, 5) is 12.7. The zero-order valence-corrected chi connectivity index (χ0v) is 16.3. The maximum Gasteiger partial charge on any atom is 0.243 e. The van der Waals surface area contributed by atoms with Crippen LogP contribution in [0.4, 0.5) is 10.1 Å². The SMILES string of the molecule is O=C(Nc1ccccc1Br)[C@H]1CCCCN1S(=O)(=O)c1ccc(F)cc1. The highest BCUT2D eigenvalue weighted by Gasteiger charge is 2.37. The van der Waals surface area contributed by atoms with Crippen LogP contribution in [-0.2, 0) is 14.8 Å². The Balaban J connectivity index is 1.86. The Bertz CT molecular complexity index is 903. The molecule has 1 saturated heterocycles. The van der Waals surface area contributed by atoms with Crippen LogP contribution in [-0.4, -0.2) is 31.2 Å². The fraction of sp³-hybridized carbons (Fsp3) is 0.278. The van der Waals surface area contributed by atoms with Gasteiger partial charge in [-0.1, -0.05) is 18.6 Å². The van der Waals surface area contributed by atoms with Gasteiger partial charge < -0.3 is 5.32 Å². The van der Waals surface area contributed by atoms with Gasteiger partial charge in [-0.3, -0.25) is 4.79 Å². The van der Waals surface area contributed by atoms with Gasteiger partial charge in [-0.05, 0) is 65.2 Å². The number of nitrogens with zero attached hydrogens (tertiary/aromatic N) is 1. The number of sulfonamides is 1. The van der Waals surface area contributed by atoms with Crippen molar-refractivity contribution in [2.24, 2.45) is 0 Å². The monoisotopic (exact) mass is 440 g/mol. The van der Waals surface area contributed by atoms with Gasteiger partial charge in [0, 0.05) is 11.0 Å². The molecule has 0 aromatic heterocycles. The summed E-state index contributed by atoms with van der Waals surface area (Å²) in [6.45, 7) is 0.258. The summed E-state index contributed by atoms with van der Waals surface area (Å²) in [5.41, 5.74) is 0.585. The molecule has 0 unspecified atom stereocenters. The Kier molecular flexibility index (Phi) is 5.74. The van der Waals surface area contributed by atoms with Crippen molar-refractivity contribution in [3.63, 3.8) is 0 Å². The minimum atomic E-state index is -3.88. The number of rotatable bonds is 4. The molecule has 0 aliphatic carbocycles. The molecule has 0 saturated carbocycles. The van der Waals surface area contributed by atoms with Crippen LogP contribution in [0.1, 0.15) is 19.3 Å². The Hall–Kier alpha value is -1.77. The summed E-state index contributed by atoms with van der Waals surface area (Å²) in [6.07, 6.45) is 1.89. The number of halogens is 2. The molecule has 1 heterocycles. The lowest BCUT2D eigenvalue weighted by atomic mass is 10.0. The first kappa shape index (κ1) is 19.0. The highest BCUT2D eigenvalue weighted by Crippen LogP contribution is 2.28. The number of para-hydroxylation sites is 1. The van der Waals surface area contributed by atoms with E-state index in [2.05, 4.69) is 21.2 Å². The number of carbonyl (C=O) groups excluding carboxylic acids is 1. The molecule has 1 fully saturated rings. The predicted octanol–water partition coefficient (Wildman–Crippen LogP) is 3.77. The van der Waals surface area contributed by atoms with E-state index in [1.807, 2.05) is 6.07 Å². The Morgan fingerprint density at radius 3 is 2.50 bits per heavy atom. The normalized spacial score (nSPS) is 18.5. The zero-order chi connectivity index (χ0) is 18.7. The molecular formula is C18H18BrFN2O3S. The first-order chi connectivity index (χ1) is 12.4. The minimum absolute atomic E-state index is 0.0144. The number of amides is 1. The smallest absolute Gasteiger partial charge is 0.243 e. The lowest BCUT2D eigenvalue weighted by molar-refractivity contribution is -0.120. The number of nitrogens with one attached hydrogen (secondary N) is 1. The average molecular weight is 441 g/mol. The summed E-state index contributed by atoms with van der Waals surface area (Å²) in [5, 5.41) is 2.79. The predicted molar refractivity (Wildman–Crippen MR) is 101 cm³/mol. The fourth-order valence-electron chi connectivity index (χ4n) is 2.98. The second kappa shape index (κ2) is 7.85. The minimum Gasteiger partial charge on any atom is -0.324 e. The number of carbonyl (C=O) groups is 1. The van der Waals surface area contributed by atoms with Gasteiger partial charge in [-0.15, -0.1) is 0 Å². The zero-order valence-electron chi connectivity index (χ0n) is 13.9. The Morgan fingerprint density at radius 2 is 1.81 bits per heavy atom. The summed E-state index contributed by atoms with van der Waals surface area (Å²) < 4.78 is 41.0. The summed E-state index contributed by atoms with van der Waals surface area (Å²) >= 11 is 3.36. The molecule has 2 aromatic carbocycles. The topological polar surface area (TPSA) is 66.5 Å². The maximum atomic E-state index is 13.1. The maximum absolute atomic E-state index is 13.1. The molecule has 138 valence electrons. The highest BCUT2D eigenvalue weighted by atomic mass is 79.9. The summed E-state index contributed by atoms with van der Waals surface area (Å²) in [5.74, 6) is -0.881. The van der Waals surface area contributed by atoms with E-state index >= 15 is 0 Å². The van der Waals surface area contributed by atoms with Crippen molar-refractivity contribution in [3.8, 4) is 0 Å². The molecule has 5 nitrogen and oxygen atoms in total. The van der Waals surface area contributed by atoms with Gasteiger partial charge in [-0.2, -0.15) is 4.31 Å². The van der Waals surface area contributed by atoms with Crippen LogP contribution in [0.5, 0.6) is 0 Å². The summed E-state index contributed by atoms with van der Waals surface area (Å²) in [6, 6.07) is 11.0. The first-order valence-corrected chi connectivity index (χ1v) is 10.5. The van der Waals surface area contributed by atoms with Crippen LogP contribution < -0.4 is 5.32 Å². The van der Waals surface area contributed by atoms with E-state index in [1.165, 1.54) is 16.4 Å². The van der Waals surface area contributed by atoms with Crippen LogP contribution in [0.2, 0.25) is 0 Å². The van der Waals surface area contributed by atoms with Crippen molar-refractivity contribution in [2.75, 3.05) is 11.9 Å². The van der Waals surface area contributed by atoms with E-state index < -0.39 is 21.9 Å². The van der Waals surface area contributed by atoms with Crippen LogP contribution in [0.15, 0.2) is 57.9 Å². The molecule has 0 spiro atoms. The molecule has 1 N–H and O–H groups in total. The third kappa shape index (κ3) is 3.97. The Morgan fingerprint density at radius 1 is 1.12 bits per heavy atom. The first-order valence-electron chi connectivity index (χ1n) is 8.22. The van der Waals surface area contributed by atoms with Crippen LogP contribution >= 0.6 is 15.9 Å². The summed E-state index contributed by atoms with van der Waals surface area (Å²) in [7, 11) is -3.88. The average Bonchev–Trinajstić information content (AvgIpc) is 2.64. The van der Waals surface area contributed by atoms with Crippen molar-refractivity contribution in [1.82, 2.24) is 4.31 Å². The third-order valence-electron chi connectivity index (χ3n) is 4.31. The second-order valence-corrected chi connectivity index (χ2v) is 8.80. The van der Waals surface area contributed by atoms with Crippen LogP contribution in [0.3, 0.4) is 0 Å². The van der Waals surface area contributed by atoms with E-state index in [9.17, 15) is 17.6 Å². The molecule has 1 amide bonds. The van der Waals surface area contributed by atoms with Crippen molar-refractivity contribution in [2.45, 2.75) is 30.2 Å². The molecule has 1 aliphatic rings. The molecule has 0 radical (unpaired) electrons. The van der Waals surface area contributed by atoms with E-state index in [0.29, 0.717) is 18.5 Å². The molecule has 1 aliphatic heterocycles. The van der Waals surface area contributed by atoms with Gasteiger partial charge >= 0.3 is 0 Å². The van der Waals surface area contributed by atoms with Gasteiger partial charge in [0.25, 0.3) is 0 Å². The standard InChI is InChI=1S/C18H18BrFN2O3S/c19-15-5-1-2-6-16(15)21-18(23)17-7-3-4-12-22(17)26(24,25)14-10-8-13(20)9-11-14/h1-2,5-6,8-11,17H,3-4,7,12H2,(H,21,23)/t17-/m1/s1. The largest absolute Gasteiger partial charge is 0.324 e. The van der Waals surface area contributed by atoms with E-state index in [0.717, 1.165) is 23.0 Å². The molecule has 8 heteroatoms. The molecule has 0 bridgehead atoms. The quantitative estimate of drug-likeness (QED) is 0.786. The lowest BCUT2D eigenvalue weighted by Gasteiger charge is -2.33.